The van der Waals surface area contributed by atoms with Gasteiger partial charge in [-0.1, -0.05) is 107 Å². The summed E-state index contributed by atoms with van der Waals surface area (Å²) in [6.07, 6.45) is 1.71. The fourth-order valence-electron chi connectivity index (χ4n) is 5.54. The van der Waals surface area contributed by atoms with Crippen LogP contribution < -0.4 is 14.8 Å². The van der Waals surface area contributed by atoms with Gasteiger partial charge in [0.1, 0.15) is 5.75 Å². The maximum atomic E-state index is 13.4. The molecule has 5 rings (SSSR count). The summed E-state index contributed by atoms with van der Waals surface area (Å²) in [5, 5.41) is 3.64. The van der Waals surface area contributed by atoms with E-state index in [1.165, 1.54) is 15.3 Å². The molecule has 4 aromatic carbocycles. The van der Waals surface area contributed by atoms with E-state index in [4.69, 9.17) is 4.43 Å². The van der Waals surface area contributed by atoms with Crippen LogP contribution >= 0.6 is 0 Å². The molecule has 0 aromatic heterocycles. The average Bonchev–Trinajstić information content (AvgIpc) is 2.91. The monoisotopic (exact) mass is 507 g/mol. The summed E-state index contributed by atoms with van der Waals surface area (Å²) in [7, 11) is -2.88. The molecule has 4 aromatic rings. The summed E-state index contributed by atoms with van der Waals surface area (Å²) in [6.45, 7) is 9.21. The van der Waals surface area contributed by atoms with Crippen molar-refractivity contribution in [2.24, 2.45) is 0 Å². The van der Waals surface area contributed by atoms with Crippen LogP contribution in [0.5, 0.6) is 5.75 Å². The van der Waals surface area contributed by atoms with E-state index >= 15 is 0 Å². The summed E-state index contributed by atoms with van der Waals surface area (Å²) in [5.74, 6) is 0.260. The molecule has 0 atom stereocenters. The lowest BCUT2D eigenvalue weighted by Gasteiger charge is -2.43. The van der Waals surface area contributed by atoms with Gasteiger partial charge in [-0.3, -0.25) is 14.5 Å². The van der Waals surface area contributed by atoms with Crippen molar-refractivity contribution in [2.75, 3.05) is 6.54 Å². The summed E-state index contributed by atoms with van der Waals surface area (Å²) in [5.41, 5.74) is 1.13. The van der Waals surface area contributed by atoms with Gasteiger partial charge in [-0.05, 0) is 40.0 Å². The molecule has 0 unspecified atom stereocenters. The number of benzene rings is 4. The van der Waals surface area contributed by atoms with Gasteiger partial charge in [-0.15, -0.1) is 0 Å². The maximum absolute atomic E-state index is 13.4. The molecule has 5 heteroatoms. The average molecular weight is 508 g/mol. The zero-order valence-corrected chi connectivity index (χ0v) is 23.0. The number of unbranched alkanes of at least 4 members (excludes halogenated alkanes) is 1. The molecule has 0 aliphatic carbocycles. The molecule has 4 nitrogen and oxygen atoms in total. The van der Waals surface area contributed by atoms with Crippen LogP contribution in [0.2, 0.25) is 5.04 Å². The number of carbonyl (C=O) groups excluding carboxylic acids is 2. The van der Waals surface area contributed by atoms with Crippen molar-refractivity contribution < 1.29 is 14.0 Å². The first kappa shape index (κ1) is 25.0. The third kappa shape index (κ3) is 4.07. The smallest absolute Gasteiger partial charge is 0.319 e. The van der Waals surface area contributed by atoms with Crippen molar-refractivity contribution in [3.63, 3.8) is 0 Å². The van der Waals surface area contributed by atoms with Crippen molar-refractivity contribution >= 4 is 41.3 Å². The minimum atomic E-state index is -2.88. The number of imide groups is 1. The number of amides is 2. The van der Waals surface area contributed by atoms with Gasteiger partial charge in [0.2, 0.25) is 0 Å². The molecule has 0 fully saturated rings. The van der Waals surface area contributed by atoms with Crippen molar-refractivity contribution in [2.45, 2.75) is 45.6 Å². The van der Waals surface area contributed by atoms with E-state index in [0.717, 1.165) is 18.2 Å². The van der Waals surface area contributed by atoms with Crippen LogP contribution in [0.1, 0.15) is 61.3 Å². The Kier molecular flexibility index (Phi) is 6.50. The SMILES string of the molecule is CCCCN1C(=O)c2cccc3c(O[Si](c4ccccc4)(c4ccccc4)C(C)(C)C)ccc(c23)C1=O. The lowest BCUT2D eigenvalue weighted by molar-refractivity contribution is 0.0608. The topological polar surface area (TPSA) is 46.6 Å². The van der Waals surface area contributed by atoms with E-state index in [9.17, 15) is 9.59 Å². The second kappa shape index (κ2) is 9.64. The van der Waals surface area contributed by atoms with Crippen LogP contribution in [0.3, 0.4) is 0 Å². The van der Waals surface area contributed by atoms with Crippen LogP contribution in [0.25, 0.3) is 10.8 Å². The number of carbonyl (C=O) groups is 2. The molecule has 1 heterocycles. The Hall–Kier alpha value is -3.70. The van der Waals surface area contributed by atoms with E-state index in [1.54, 1.807) is 0 Å². The van der Waals surface area contributed by atoms with Gasteiger partial charge in [-0.2, -0.15) is 0 Å². The summed E-state index contributed by atoms with van der Waals surface area (Å²) >= 11 is 0. The van der Waals surface area contributed by atoms with Gasteiger partial charge in [0.05, 0.1) is 0 Å². The fourth-order valence-corrected chi connectivity index (χ4v) is 9.98. The first-order chi connectivity index (χ1) is 17.8. The number of hydrogen-bond donors (Lipinski definition) is 0. The van der Waals surface area contributed by atoms with E-state index in [1.807, 2.05) is 42.5 Å². The number of rotatable bonds is 7. The van der Waals surface area contributed by atoms with Gasteiger partial charge in [0.15, 0.2) is 0 Å². The number of hydrogen-bond acceptors (Lipinski definition) is 3. The molecule has 1 aliphatic rings. The van der Waals surface area contributed by atoms with E-state index in [-0.39, 0.29) is 16.9 Å². The maximum Gasteiger partial charge on any atom is 0.319 e. The highest BCUT2D eigenvalue weighted by molar-refractivity contribution is 7.00. The van der Waals surface area contributed by atoms with Crippen LogP contribution in [0.4, 0.5) is 0 Å². The van der Waals surface area contributed by atoms with Crippen LogP contribution in [0.15, 0.2) is 91.0 Å². The van der Waals surface area contributed by atoms with Crippen molar-refractivity contribution in [1.29, 1.82) is 0 Å². The molecule has 37 heavy (non-hydrogen) atoms. The van der Waals surface area contributed by atoms with Gasteiger partial charge < -0.3 is 4.43 Å². The zero-order valence-electron chi connectivity index (χ0n) is 22.0. The van der Waals surface area contributed by atoms with E-state index in [0.29, 0.717) is 28.8 Å². The summed E-state index contributed by atoms with van der Waals surface area (Å²) < 4.78 is 7.30. The zero-order chi connectivity index (χ0) is 26.2. The molecule has 2 amide bonds. The minimum absolute atomic E-state index is 0.210. The Balaban J connectivity index is 1.73. The minimum Gasteiger partial charge on any atom is -0.534 e. The third-order valence-electron chi connectivity index (χ3n) is 7.37. The Morgan fingerprint density at radius 3 is 1.84 bits per heavy atom. The molecule has 0 N–H and O–H groups in total. The predicted octanol–water partition coefficient (Wildman–Crippen LogP) is 6.17. The Labute approximate surface area is 220 Å². The Bertz CT molecular complexity index is 1400. The lowest BCUT2D eigenvalue weighted by atomic mass is 9.93. The molecule has 0 radical (unpaired) electrons. The first-order valence-electron chi connectivity index (χ1n) is 13.0. The standard InChI is InChI=1S/C32H33NO3Si/c1-5-6-22-33-30(34)26-19-13-18-25-28(21-20-27(29(25)26)31(33)35)36-37(32(2,3)4,23-14-9-7-10-15-23)24-16-11-8-12-17-24/h7-21H,5-6,22H2,1-4H3. The van der Waals surface area contributed by atoms with E-state index in [2.05, 4.69) is 76.2 Å². The highest BCUT2D eigenvalue weighted by atomic mass is 28.4. The van der Waals surface area contributed by atoms with E-state index < -0.39 is 8.32 Å². The van der Waals surface area contributed by atoms with Crippen molar-refractivity contribution in [3.8, 4) is 5.75 Å². The first-order valence-corrected chi connectivity index (χ1v) is 14.9. The largest absolute Gasteiger partial charge is 0.534 e. The third-order valence-corrected chi connectivity index (χ3v) is 12.3. The molecule has 0 saturated carbocycles. The van der Waals surface area contributed by atoms with Gasteiger partial charge in [0.25, 0.3) is 11.8 Å². The second-order valence-electron chi connectivity index (χ2n) is 10.7. The lowest BCUT2D eigenvalue weighted by Crippen LogP contribution is -2.68. The highest BCUT2D eigenvalue weighted by Gasteiger charge is 2.52. The quantitative estimate of drug-likeness (QED) is 0.222. The molecular weight excluding hydrogens is 474 g/mol. The van der Waals surface area contributed by atoms with Crippen LogP contribution in [0, 0.1) is 0 Å². The molecule has 188 valence electrons. The van der Waals surface area contributed by atoms with Gasteiger partial charge >= 0.3 is 8.32 Å². The Morgan fingerprint density at radius 1 is 0.730 bits per heavy atom. The Morgan fingerprint density at radius 2 is 1.30 bits per heavy atom. The van der Waals surface area contributed by atoms with Gasteiger partial charge in [-0.25, -0.2) is 0 Å². The van der Waals surface area contributed by atoms with Crippen LogP contribution in [-0.2, 0) is 0 Å². The second-order valence-corrected chi connectivity index (χ2v) is 14.9. The molecule has 0 spiro atoms. The predicted molar refractivity (Wildman–Crippen MR) is 152 cm³/mol. The molecule has 0 saturated heterocycles. The van der Waals surface area contributed by atoms with Crippen molar-refractivity contribution in [1.82, 2.24) is 4.90 Å². The highest BCUT2D eigenvalue weighted by Crippen LogP contribution is 2.41. The number of nitrogens with zero attached hydrogens (tertiary/aromatic N) is 1. The van der Waals surface area contributed by atoms with Crippen molar-refractivity contribution in [3.05, 3.63) is 102 Å². The molecule has 0 bridgehead atoms. The fraction of sp³-hybridized carbons (Fsp3) is 0.250. The van der Waals surface area contributed by atoms with Crippen LogP contribution in [-0.4, -0.2) is 31.6 Å². The van der Waals surface area contributed by atoms with Gasteiger partial charge in [0, 0.05) is 28.4 Å². The molecular formula is C32H33NO3Si. The summed E-state index contributed by atoms with van der Waals surface area (Å²) in [6, 6.07) is 30.4. The normalized spacial score (nSPS) is 13.8. The molecule has 1 aliphatic heterocycles. The summed E-state index contributed by atoms with van der Waals surface area (Å²) in [4.78, 5) is 28.2.